The Morgan fingerprint density at radius 3 is 1.17 bits per heavy atom. The van der Waals surface area contributed by atoms with Crippen molar-refractivity contribution in [3.05, 3.63) is 34.9 Å². The minimum atomic E-state index is -2.14. The average molecular weight is 537 g/mol. The van der Waals surface area contributed by atoms with Crippen molar-refractivity contribution in [2.75, 3.05) is 0 Å². The van der Waals surface area contributed by atoms with E-state index in [1.807, 2.05) is 0 Å². The van der Waals surface area contributed by atoms with Crippen LogP contribution in [0, 0.1) is 0 Å². The van der Waals surface area contributed by atoms with Crippen molar-refractivity contribution in [3.8, 4) is 0 Å². The fraction of sp³-hybridized carbons (Fsp3) is 0.538. The number of halogens is 10. The van der Waals surface area contributed by atoms with Crippen LogP contribution in [0.25, 0.3) is 0 Å². The van der Waals surface area contributed by atoms with Crippen LogP contribution in [0.15, 0.2) is 18.2 Å². The summed E-state index contributed by atoms with van der Waals surface area (Å²) in [7, 11) is 0. The first-order valence-electron chi connectivity index (χ1n) is 6.11. The lowest BCUT2D eigenvalue weighted by molar-refractivity contribution is 0.0761. The lowest BCUT2D eigenvalue weighted by atomic mass is 9.86. The maximum Gasteiger partial charge on any atom is 0.227 e. The molecule has 0 aliphatic rings. The van der Waals surface area contributed by atoms with Crippen molar-refractivity contribution in [3.63, 3.8) is 0 Å². The summed E-state index contributed by atoms with van der Waals surface area (Å²) in [4.78, 5) is 0. The fourth-order valence-corrected chi connectivity index (χ4v) is 3.28. The third kappa shape index (κ3) is 4.73. The molecule has 1 aromatic carbocycles. The fourth-order valence-electron chi connectivity index (χ4n) is 2.04. The van der Waals surface area contributed by atoms with Gasteiger partial charge in [-0.15, -0.1) is 0 Å². The number of alkyl halides is 10. The number of aliphatic hydroxyl groups is 1. The molecule has 0 atom stereocenters. The van der Waals surface area contributed by atoms with Crippen molar-refractivity contribution in [2.45, 2.75) is 35.7 Å². The molecule has 0 fully saturated rings. The first-order chi connectivity index (χ1) is 10.3. The van der Waals surface area contributed by atoms with Crippen LogP contribution in [-0.2, 0) is 14.3 Å². The van der Waals surface area contributed by atoms with Crippen LogP contribution >= 0.6 is 116 Å². The zero-order valence-electron chi connectivity index (χ0n) is 12.0. The van der Waals surface area contributed by atoms with Gasteiger partial charge in [0.2, 0.25) is 7.59 Å². The van der Waals surface area contributed by atoms with Crippen molar-refractivity contribution >= 4 is 116 Å². The van der Waals surface area contributed by atoms with E-state index in [0.29, 0.717) is 0 Å². The molecule has 0 saturated heterocycles. The Kier molecular flexibility index (Phi) is 7.52. The van der Waals surface area contributed by atoms with Crippen LogP contribution < -0.4 is 0 Å². The minimum absolute atomic E-state index is 0.0516. The van der Waals surface area contributed by atoms with Crippen LogP contribution in [0.5, 0.6) is 0 Å². The normalized spacial score (nSPS) is 14.9. The van der Waals surface area contributed by atoms with Crippen molar-refractivity contribution in [2.24, 2.45) is 0 Å². The summed E-state index contributed by atoms with van der Waals surface area (Å²) in [5.74, 6) is 0. The molecule has 0 aliphatic heterocycles. The third-order valence-electron chi connectivity index (χ3n) is 3.06. The molecule has 0 amide bonds. The Morgan fingerprint density at radius 2 is 0.958 bits per heavy atom. The Labute approximate surface area is 190 Å². The highest BCUT2D eigenvalue weighted by Gasteiger charge is 2.54. The van der Waals surface area contributed by atoms with Gasteiger partial charge in [0.15, 0.2) is 8.67 Å². The number of hydrogen-bond acceptors (Lipinski definition) is 1. The molecule has 11 heteroatoms. The highest BCUT2D eigenvalue weighted by atomic mass is 35.6. The molecule has 0 unspecified atom stereocenters. The molecule has 24 heavy (non-hydrogen) atoms. The summed E-state index contributed by atoms with van der Waals surface area (Å²) < 4.78 is -8.40. The molecular formula is C13H10Cl10O. The maximum absolute atomic E-state index is 10.6. The second kappa shape index (κ2) is 7.48. The first kappa shape index (κ1) is 24.1. The Morgan fingerprint density at radius 1 is 0.667 bits per heavy atom. The first-order valence-corrected chi connectivity index (χ1v) is 9.89. The molecule has 0 saturated carbocycles. The summed E-state index contributed by atoms with van der Waals surface area (Å²) >= 11 is 60.3. The van der Waals surface area contributed by atoms with E-state index in [1.165, 1.54) is 32.0 Å². The summed E-state index contributed by atoms with van der Waals surface area (Å²) in [6.45, 7) is 2.86. The van der Waals surface area contributed by atoms with Gasteiger partial charge in [0.05, 0.1) is 5.60 Å². The van der Waals surface area contributed by atoms with Crippen LogP contribution in [0.4, 0.5) is 0 Å². The van der Waals surface area contributed by atoms with Gasteiger partial charge in [-0.3, -0.25) is 0 Å². The maximum atomic E-state index is 10.6. The highest BCUT2D eigenvalue weighted by Crippen LogP contribution is 2.59. The van der Waals surface area contributed by atoms with E-state index in [2.05, 4.69) is 0 Å². The minimum Gasteiger partial charge on any atom is -0.386 e. The van der Waals surface area contributed by atoms with E-state index in [9.17, 15) is 5.11 Å². The van der Waals surface area contributed by atoms with Gasteiger partial charge in [0.25, 0.3) is 0 Å². The lowest BCUT2D eigenvalue weighted by Gasteiger charge is -2.38. The molecule has 1 N–H and O–H groups in total. The van der Waals surface area contributed by atoms with Gasteiger partial charge in [-0.1, -0.05) is 134 Å². The molecule has 1 rings (SSSR count). The van der Waals surface area contributed by atoms with E-state index < -0.39 is 21.9 Å². The van der Waals surface area contributed by atoms with Gasteiger partial charge in [0.1, 0.15) is 0 Å². The van der Waals surface area contributed by atoms with Gasteiger partial charge >= 0.3 is 0 Å². The number of hydrogen-bond donors (Lipinski definition) is 1. The summed E-state index contributed by atoms with van der Waals surface area (Å²) in [6.07, 6.45) is 0. The summed E-state index contributed by atoms with van der Waals surface area (Å²) in [5.41, 5.74) is -1.40. The zero-order valence-corrected chi connectivity index (χ0v) is 19.5. The smallest absolute Gasteiger partial charge is 0.227 e. The van der Waals surface area contributed by atoms with Crippen LogP contribution in [0.3, 0.4) is 0 Å². The number of rotatable bonds is 3. The molecule has 138 valence electrons. The van der Waals surface area contributed by atoms with Gasteiger partial charge in [-0.2, -0.15) is 0 Å². The standard InChI is InChI=1S/C13H10Cl10O/c1-9(2,24)8-6(10(14,15)12(18,19)20)4-3-5-7(8)11(16,17)13(21,22)23/h3-5,24H,1-2H3. The van der Waals surface area contributed by atoms with Crippen LogP contribution in [0.1, 0.15) is 30.5 Å². The Balaban J connectivity index is 3.90. The SMILES string of the molecule is CC(C)(O)c1c(C(Cl)(Cl)C(Cl)(Cl)Cl)cccc1C(Cl)(Cl)C(Cl)(Cl)Cl. The highest BCUT2D eigenvalue weighted by molar-refractivity contribution is 6.76. The molecule has 0 bridgehead atoms. The largest absolute Gasteiger partial charge is 0.386 e. The second-order valence-corrected chi connectivity index (χ2v) is 12.6. The van der Waals surface area contributed by atoms with E-state index in [0.717, 1.165) is 0 Å². The van der Waals surface area contributed by atoms with E-state index in [1.54, 1.807) is 0 Å². The van der Waals surface area contributed by atoms with Crippen molar-refractivity contribution in [1.29, 1.82) is 0 Å². The summed E-state index contributed by atoms with van der Waals surface area (Å²) in [6, 6.07) is 4.37. The molecule has 1 nitrogen and oxygen atoms in total. The Bertz CT molecular complexity index is 562. The van der Waals surface area contributed by atoms with Gasteiger partial charge in [-0.05, 0) is 30.5 Å². The zero-order chi connectivity index (χ0) is 19.4. The quantitative estimate of drug-likeness (QED) is 0.389. The molecule has 0 spiro atoms. The Hall–Kier alpha value is 2.08. The molecule has 0 aromatic heterocycles. The van der Waals surface area contributed by atoms with Crippen LogP contribution in [-0.4, -0.2) is 12.7 Å². The third-order valence-corrected chi connectivity index (χ3v) is 7.87. The van der Waals surface area contributed by atoms with Gasteiger partial charge < -0.3 is 5.11 Å². The predicted molar refractivity (Wildman–Crippen MR) is 109 cm³/mol. The molecule has 0 aliphatic carbocycles. The van der Waals surface area contributed by atoms with Gasteiger partial charge in [-0.25, -0.2) is 0 Å². The van der Waals surface area contributed by atoms with Crippen LogP contribution in [0.2, 0.25) is 0 Å². The molecule has 0 radical (unpaired) electrons. The average Bonchev–Trinajstić information content (AvgIpc) is 2.34. The molecular weight excluding hydrogens is 527 g/mol. The van der Waals surface area contributed by atoms with Crippen molar-refractivity contribution in [1.82, 2.24) is 0 Å². The van der Waals surface area contributed by atoms with E-state index >= 15 is 0 Å². The van der Waals surface area contributed by atoms with E-state index in [4.69, 9.17) is 116 Å². The molecule has 0 heterocycles. The molecule has 1 aromatic rings. The lowest BCUT2D eigenvalue weighted by Crippen LogP contribution is -2.37. The van der Waals surface area contributed by atoms with Gasteiger partial charge in [0, 0.05) is 0 Å². The number of benzene rings is 1. The predicted octanol–water partition coefficient (Wildman–Crippen LogP) is 7.92. The van der Waals surface area contributed by atoms with Crippen molar-refractivity contribution < 1.29 is 5.11 Å². The summed E-state index contributed by atoms with van der Waals surface area (Å²) in [5, 5.41) is 10.6. The monoisotopic (exact) mass is 532 g/mol. The van der Waals surface area contributed by atoms with E-state index in [-0.39, 0.29) is 16.7 Å². The second-order valence-electron chi connectivity index (χ2n) is 5.43. The topological polar surface area (TPSA) is 20.2 Å².